The summed E-state index contributed by atoms with van der Waals surface area (Å²) in [7, 11) is 0. The average Bonchev–Trinajstić information content (AvgIpc) is 2.70. The van der Waals surface area contributed by atoms with E-state index < -0.39 is 0 Å². The maximum absolute atomic E-state index is 8.96. The van der Waals surface area contributed by atoms with E-state index in [2.05, 4.69) is 13.2 Å². The molecule has 0 bridgehead atoms. The fraction of sp³-hybridized carbons (Fsp3) is 1.00. The molecular weight excluding hydrogens is 232 g/mol. The van der Waals surface area contributed by atoms with Gasteiger partial charge in [-0.3, -0.25) is 0 Å². The summed E-state index contributed by atoms with van der Waals surface area (Å²) < 4.78 is 10.9. The van der Waals surface area contributed by atoms with E-state index >= 15 is 0 Å². The fourth-order valence-corrected chi connectivity index (χ4v) is 3.72. The minimum atomic E-state index is -0.0244. The maximum atomic E-state index is 8.96. The van der Waals surface area contributed by atoms with Crippen LogP contribution < -0.4 is 0 Å². The zero-order valence-corrected chi connectivity index (χ0v) is 11.0. The SMILES string of the molecule is CSCC(SCO)C(C)CC1OCCO1. The first kappa shape index (κ1) is 13.6. The summed E-state index contributed by atoms with van der Waals surface area (Å²) in [4.78, 5) is 0. The van der Waals surface area contributed by atoms with Crippen LogP contribution >= 0.6 is 23.5 Å². The molecule has 1 rings (SSSR count). The van der Waals surface area contributed by atoms with Crippen LogP contribution in [0.25, 0.3) is 0 Å². The molecule has 0 amide bonds. The van der Waals surface area contributed by atoms with Crippen molar-refractivity contribution in [2.75, 3.05) is 31.2 Å². The zero-order valence-electron chi connectivity index (χ0n) is 9.35. The number of aliphatic hydroxyl groups excluding tert-OH is 1. The minimum Gasteiger partial charge on any atom is -0.386 e. The largest absolute Gasteiger partial charge is 0.386 e. The van der Waals surface area contributed by atoms with Crippen LogP contribution in [0.2, 0.25) is 0 Å². The highest BCUT2D eigenvalue weighted by Gasteiger charge is 2.24. The van der Waals surface area contributed by atoms with E-state index in [0.29, 0.717) is 11.2 Å². The molecule has 0 aromatic rings. The molecule has 1 fully saturated rings. The van der Waals surface area contributed by atoms with E-state index in [1.54, 1.807) is 11.8 Å². The lowest BCUT2D eigenvalue weighted by Crippen LogP contribution is -2.23. The number of ether oxygens (including phenoxy) is 2. The lowest BCUT2D eigenvalue weighted by atomic mass is 10.0. The monoisotopic (exact) mass is 252 g/mol. The molecule has 3 nitrogen and oxygen atoms in total. The molecule has 0 aliphatic carbocycles. The lowest BCUT2D eigenvalue weighted by molar-refractivity contribution is -0.0552. The highest BCUT2D eigenvalue weighted by molar-refractivity contribution is 8.02. The van der Waals surface area contributed by atoms with Crippen molar-refractivity contribution >= 4 is 23.5 Å². The van der Waals surface area contributed by atoms with Crippen molar-refractivity contribution in [1.82, 2.24) is 0 Å². The molecule has 2 unspecified atom stereocenters. The predicted molar refractivity (Wildman–Crippen MR) is 66.3 cm³/mol. The van der Waals surface area contributed by atoms with Crippen molar-refractivity contribution in [3.8, 4) is 0 Å². The first-order valence-corrected chi connectivity index (χ1v) is 7.66. The molecule has 1 N–H and O–H groups in total. The lowest BCUT2D eigenvalue weighted by Gasteiger charge is -2.23. The molecule has 2 atom stereocenters. The third-order valence-electron chi connectivity index (χ3n) is 2.51. The van der Waals surface area contributed by atoms with E-state index in [1.165, 1.54) is 0 Å². The van der Waals surface area contributed by atoms with Crippen molar-refractivity contribution in [1.29, 1.82) is 0 Å². The molecule has 0 saturated carbocycles. The Morgan fingerprint density at radius 3 is 2.60 bits per heavy atom. The summed E-state index contributed by atoms with van der Waals surface area (Å²) in [6.07, 6.45) is 3.00. The van der Waals surface area contributed by atoms with Gasteiger partial charge in [0.15, 0.2) is 6.29 Å². The van der Waals surface area contributed by atoms with Gasteiger partial charge in [0.1, 0.15) is 0 Å². The van der Waals surface area contributed by atoms with Gasteiger partial charge >= 0.3 is 0 Å². The van der Waals surface area contributed by atoms with E-state index in [-0.39, 0.29) is 12.2 Å². The predicted octanol–water partition coefficient (Wildman–Crippen LogP) is 1.80. The van der Waals surface area contributed by atoms with Gasteiger partial charge in [0.2, 0.25) is 0 Å². The normalized spacial score (nSPS) is 21.8. The molecule has 1 heterocycles. The van der Waals surface area contributed by atoms with Crippen molar-refractivity contribution in [2.45, 2.75) is 24.9 Å². The van der Waals surface area contributed by atoms with E-state index in [9.17, 15) is 0 Å². The summed E-state index contributed by atoms with van der Waals surface area (Å²) in [5, 5.41) is 9.45. The Labute approximate surface area is 100 Å². The molecule has 1 saturated heterocycles. The Morgan fingerprint density at radius 1 is 1.40 bits per heavy atom. The van der Waals surface area contributed by atoms with Gasteiger partial charge in [-0.05, 0) is 12.2 Å². The molecular formula is C10H20O3S2. The second kappa shape index (κ2) is 7.79. The summed E-state index contributed by atoms with van der Waals surface area (Å²) in [6, 6.07) is 0. The van der Waals surface area contributed by atoms with Crippen LogP contribution in [0.5, 0.6) is 0 Å². The van der Waals surface area contributed by atoms with Gasteiger partial charge in [-0.25, -0.2) is 0 Å². The molecule has 90 valence electrons. The van der Waals surface area contributed by atoms with Crippen molar-refractivity contribution in [2.24, 2.45) is 5.92 Å². The van der Waals surface area contributed by atoms with Crippen LogP contribution in [0.3, 0.4) is 0 Å². The Hall–Kier alpha value is 0.580. The van der Waals surface area contributed by atoms with Crippen LogP contribution in [-0.4, -0.2) is 47.8 Å². The van der Waals surface area contributed by atoms with Gasteiger partial charge < -0.3 is 14.6 Å². The fourth-order valence-electron chi connectivity index (χ4n) is 1.64. The number of hydrogen-bond donors (Lipinski definition) is 1. The van der Waals surface area contributed by atoms with Crippen LogP contribution in [0.15, 0.2) is 0 Å². The third kappa shape index (κ3) is 4.95. The Kier molecular flexibility index (Phi) is 7.08. The molecule has 0 aromatic heterocycles. The molecule has 1 aliphatic heterocycles. The minimum absolute atomic E-state index is 0.0244. The maximum Gasteiger partial charge on any atom is 0.158 e. The standard InChI is InChI=1S/C10H20O3S2/c1-8(5-10-12-3-4-13-10)9(6-14-2)15-7-11/h8-11H,3-7H2,1-2H3. The average molecular weight is 252 g/mol. The van der Waals surface area contributed by atoms with Gasteiger partial charge in [0, 0.05) is 17.4 Å². The van der Waals surface area contributed by atoms with E-state index in [4.69, 9.17) is 14.6 Å². The van der Waals surface area contributed by atoms with Crippen LogP contribution in [0.1, 0.15) is 13.3 Å². The third-order valence-corrected chi connectivity index (χ3v) is 4.62. The van der Waals surface area contributed by atoms with Crippen molar-refractivity contribution in [3.63, 3.8) is 0 Å². The summed E-state index contributed by atoms with van der Waals surface area (Å²) in [6.45, 7) is 3.64. The quantitative estimate of drug-likeness (QED) is 0.700. The van der Waals surface area contributed by atoms with E-state index in [0.717, 1.165) is 25.4 Å². The van der Waals surface area contributed by atoms with Crippen LogP contribution in [-0.2, 0) is 9.47 Å². The highest BCUT2D eigenvalue weighted by Crippen LogP contribution is 2.27. The van der Waals surface area contributed by atoms with Crippen LogP contribution in [0, 0.1) is 5.92 Å². The van der Waals surface area contributed by atoms with Crippen LogP contribution in [0.4, 0.5) is 0 Å². The Morgan fingerprint density at radius 2 is 2.07 bits per heavy atom. The number of hydrogen-bond acceptors (Lipinski definition) is 5. The van der Waals surface area contributed by atoms with Crippen molar-refractivity contribution in [3.05, 3.63) is 0 Å². The zero-order chi connectivity index (χ0) is 11.1. The Bertz CT molecular complexity index is 157. The molecule has 15 heavy (non-hydrogen) atoms. The van der Waals surface area contributed by atoms with Gasteiger partial charge in [0.05, 0.1) is 19.2 Å². The second-order valence-corrected chi connectivity index (χ2v) is 5.78. The number of rotatable bonds is 7. The Balaban J connectivity index is 2.29. The molecule has 0 radical (unpaired) electrons. The van der Waals surface area contributed by atoms with Gasteiger partial charge in [-0.2, -0.15) is 11.8 Å². The molecule has 5 heteroatoms. The summed E-state index contributed by atoms with van der Waals surface area (Å²) in [5.74, 6) is 1.78. The van der Waals surface area contributed by atoms with E-state index in [1.807, 2.05) is 11.8 Å². The van der Waals surface area contributed by atoms with Crippen molar-refractivity contribution < 1.29 is 14.6 Å². The van der Waals surface area contributed by atoms with Gasteiger partial charge in [-0.15, -0.1) is 11.8 Å². The smallest absolute Gasteiger partial charge is 0.158 e. The molecule has 0 aromatic carbocycles. The second-order valence-electron chi connectivity index (χ2n) is 3.67. The van der Waals surface area contributed by atoms with Gasteiger partial charge in [0.25, 0.3) is 0 Å². The number of aliphatic hydroxyl groups is 1. The number of thioether (sulfide) groups is 2. The van der Waals surface area contributed by atoms with Gasteiger partial charge in [-0.1, -0.05) is 6.92 Å². The first-order valence-electron chi connectivity index (χ1n) is 5.22. The first-order chi connectivity index (χ1) is 7.27. The summed E-state index contributed by atoms with van der Waals surface area (Å²) in [5.41, 5.74) is 0. The topological polar surface area (TPSA) is 38.7 Å². The molecule has 1 aliphatic rings. The summed E-state index contributed by atoms with van der Waals surface area (Å²) >= 11 is 3.44. The highest BCUT2D eigenvalue weighted by atomic mass is 32.2. The molecule has 0 spiro atoms.